The van der Waals surface area contributed by atoms with Gasteiger partial charge in [0.2, 0.25) is 0 Å². The predicted octanol–water partition coefficient (Wildman–Crippen LogP) is 3.83. The van der Waals surface area contributed by atoms with Gasteiger partial charge in [0.05, 0.1) is 17.8 Å². The van der Waals surface area contributed by atoms with Crippen molar-refractivity contribution in [2.24, 2.45) is 0 Å². The first-order valence-corrected chi connectivity index (χ1v) is 6.82. The van der Waals surface area contributed by atoms with Crippen molar-refractivity contribution in [3.63, 3.8) is 0 Å². The van der Waals surface area contributed by atoms with Gasteiger partial charge in [-0.3, -0.25) is 9.78 Å². The molecule has 0 saturated carbocycles. The third kappa shape index (κ3) is 3.95. The van der Waals surface area contributed by atoms with Crippen molar-refractivity contribution in [3.8, 4) is 11.5 Å². The maximum Gasteiger partial charge on any atom is 0.159 e. The average molecular weight is 306 g/mol. The van der Waals surface area contributed by atoms with Gasteiger partial charge in [-0.05, 0) is 32.0 Å². The van der Waals surface area contributed by atoms with Crippen LogP contribution in [0.5, 0.6) is 11.5 Å². The van der Waals surface area contributed by atoms with E-state index in [4.69, 9.17) is 21.1 Å². The summed E-state index contributed by atoms with van der Waals surface area (Å²) < 4.78 is 10.8. The number of hydrogen-bond acceptors (Lipinski definition) is 4. The van der Waals surface area contributed by atoms with Crippen LogP contribution in [0.3, 0.4) is 0 Å². The zero-order chi connectivity index (χ0) is 15.4. The number of benzene rings is 1. The molecular formula is C16H16ClNO3. The van der Waals surface area contributed by atoms with Gasteiger partial charge in [-0.15, -0.1) is 0 Å². The molecule has 0 aliphatic carbocycles. The highest BCUT2D eigenvalue weighted by molar-refractivity contribution is 6.32. The molecule has 0 saturated heterocycles. The molecule has 0 aliphatic heterocycles. The molecule has 0 unspecified atom stereocenters. The number of ketones is 1. The van der Waals surface area contributed by atoms with Crippen LogP contribution in [-0.4, -0.2) is 17.9 Å². The Kier molecular flexibility index (Phi) is 4.81. The Hall–Kier alpha value is -2.07. The number of carbonyl (C=O) groups excluding carboxylic acids is 1. The topological polar surface area (TPSA) is 48.4 Å². The second kappa shape index (κ2) is 6.59. The largest absolute Gasteiger partial charge is 0.497 e. The fourth-order valence-electron chi connectivity index (χ4n) is 1.88. The molecule has 4 nitrogen and oxygen atoms in total. The van der Waals surface area contributed by atoms with E-state index in [0.717, 1.165) is 17.1 Å². The summed E-state index contributed by atoms with van der Waals surface area (Å²) in [5.41, 5.74) is 2.16. The number of nitrogens with zero attached hydrogens (tertiary/aromatic N) is 1. The molecule has 0 aliphatic rings. The summed E-state index contributed by atoms with van der Waals surface area (Å²) in [6, 6.07) is 8.63. The van der Waals surface area contributed by atoms with Crippen LogP contribution >= 0.6 is 11.6 Å². The van der Waals surface area contributed by atoms with Crippen molar-refractivity contribution >= 4 is 17.4 Å². The molecule has 2 rings (SSSR count). The predicted molar refractivity (Wildman–Crippen MR) is 81.3 cm³/mol. The van der Waals surface area contributed by atoms with Crippen LogP contribution in [0, 0.1) is 6.92 Å². The lowest BCUT2D eigenvalue weighted by Crippen LogP contribution is -2.01. The molecular weight excluding hydrogens is 290 g/mol. The van der Waals surface area contributed by atoms with Crippen LogP contribution in [0.2, 0.25) is 5.02 Å². The van der Waals surface area contributed by atoms with Gasteiger partial charge >= 0.3 is 0 Å². The number of Topliss-reactive ketones (excluding diaryl/α,β-unsaturated/α-hetero) is 1. The van der Waals surface area contributed by atoms with Crippen molar-refractivity contribution in [1.82, 2.24) is 4.98 Å². The van der Waals surface area contributed by atoms with Crippen LogP contribution < -0.4 is 9.47 Å². The molecule has 0 radical (unpaired) electrons. The number of pyridine rings is 1. The molecule has 0 N–H and O–H groups in total. The number of halogens is 1. The lowest BCUT2D eigenvalue weighted by Gasteiger charge is -2.10. The first kappa shape index (κ1) is 15.3. The van der Waals surface area contributed by atoms with E-state index in [1.807, 2.05) is 19.1 Å². The zero-order valence-corrected chi connectivity index (χ0v) is 12.9. The number of methoxy groups -OCH3 is 1. The Bertz CT molecular complexity index is 671. The average Bonchev–Trinajstić information content (AvgIpc) is 2.45. The first-order valence-electron chi connectivity index (χ1n) is 6.44. The maximum absolute atomic E-state index is 11.3. The van der Waals surface area contributed by atoms with Gasteiger partial charge < -0.3 is 9.47 Å². The minimum Gasteiger partial charge on any atom is -0.497 e. The number of aryl methyl sites for hydroxylation is 1. The van der Waals surface area contributed by atoms with Crippen LogP contribution in [-0.2, 0) is 6.61 Å². The molecule has 0 fully saturated rings. The SMILES string of the molecule is COc1cc(C)nc(COc2ccc(C(C)=O)cc2Cl)c1. The van der Waals surface area contributed by atoms with E-state index < -0.39 is 0 Å². The molecule has 110 valence electrons. The van der Waals surface area contributed by atoms with Gasteiger partial charge in [0.25, 0.3) is 0 Å². The minimum atomic E-state index is -0.0338. The van der Waals surface area contributed by atoms with Gasteiger partial charge in [-0.25, -0.2) is 0 Å². The highest BCUT2D eigenvalue weighted by Crippen LogP contribution is 2.26. The molecule has 1 aromatic carbocycles. The van der Waals surface area contributed by atoms with E-state index in [1.165, 1.54) is 6.92 Å². The van der Waals surface area contributed by atoms with E-state index in [9.17, 15) is 4.79 Å². The lowest BCUT2D eigenvalue weighted by atomic mass is 10.1. The second-order valence-corrected chi connectivity index (χ2v) is 5.04. The minimum absolute atomic E-state index is 0.0338. The Labute approximate surface area is 128 Å². The van der Waals surface area contributed by atoms with Crippen molar-refractivity contribution in [3.05, 3.63) is 52.3 Å². The van der Waals surface area contributed by atoms with Gasteiger partial charge in [-0.2, -0.15) is 0 Å². The van der Waals surface area contributed by atoms with E-state index in [1.54, 1.807) is 25.3 Å². The fourth-order valence-corrected chi connectivity index (χ4v) is 2.12. The number of carbonyl (C=O) groups is 1. The van der Waals surface area contributed by atoms with Crippen molar-refractivity contribution in [1.29, 1.82) is 0 Å². The molecule has 0 spiro atoms. The molecule has 0 bridgehead atoms. The molecule has 1 aromatic heterocycles. The molecule has 1 heterocycles. The summed E-state index contributed by atoms with van der Waals surface area (Å²) in [6.45, 7) is 3.66. The standard InChI is InChI=1S/C16H16ClNO3/c1-10-6-14(20-3)8-13(18-10)9-21-16-5-4-12(11(2)19)7-15(16)17/h4-8H,9H2,1-3H3. The highest BCUT2D eigenvalue weighted by Gasteiger charge is 2.07. The summed E-state index contributed by atoms with van der Waals surface area (Å²) >= 11 is 6.11. The number of aromatic nitrogens is 1. The normalized spacial score (nSPS) is 10.3. The zero-order valence-electron chi connectivity index (χ0n) is 12.1. The van der Waals surface area contributed by atoms with Gasteiger partial charge in [0.15, 0.2) is 5.78 Å². The number of hydrogen-bond donors (Lipinski definition) is 0. The summed E-state index contributed by atoms with van der Waals surface area (Å²) in [4.78, 5) is 15.6. The van der Waals surface area contributed by atoms with Crippen molar-refractivity contribution in [2.45, 2.75) is 20.5 Å². The second-order valence-electron chi connectivity index (χ2n) is 4.63. The fraction of sp³-hybridized carbons (Fsp3) is 0.250. The molecule has 0 atom stereocenters. The van der Waals surface area contributed by atoms with Gasteiger partial charge in [0.1, 0.15) is 18.1 Å². The lowest BCUT2D eigenvalue weighted by molar-refractivity contribution is 0.101. The summed E-state index contributed by atoms with van der Waals surface area (Å²) in [5.74, 6) is 1.22. The quantitative estimate of drug-likeness (QED) is 0.788. The summed E-state index contributed by atoms with van der Waals surface area (Å²) in [6.07, 6.45) is 0. The third-order valence-electron chi connectivity index (χ3n) is 2.93. The smallest absolute Gasteiger partial charge is 0.159 e. The van der Waals surface area contributed by atoms with E-state index in [2.05, 4.69) is 4.98 Å². The van der Waals surface area contributed by atoms with Crippen LogP contribution in [0.25, 0.3) is 0 Å². The van der Waals surface area contributed by atoms with Crippen molar-refractivity contribution < 1.29 is 14.3 Å². The Morgan fingerprint density at radius 1 is 1.29 bits per heavy atom. The monoisotopic (exact) mass is 305 g/mol. The van der Waals surface area contributed by atoms with Crippen LogP contribution in [0.4, 0.5) is 0 Å². The molecule has 5 heteroatoms. The van der Waals surface area contributed by atoms with Gasteiger partial charge in [0, 0.05) is 23.4 Å². The third-order valence-corrected chi connectivity index (χ3v) is 3.23. The molecule has 0 amide bonds. The summed E-state index contributed by atoms with van der Waals surface area (Å²) in [5, 5.41) is 0.405. The Balaban J connectivity index is 2.13. The maximum atomic E-state index is 11.3. The Morgan fingerprint density at radius 2 is 2.05 bits per heavy atom. The number of rotatable bonds is 5. The Morgan fingerprint density at radius 3 is 2.67 bits per heavy atom. The van der Waals surface area contributed by atoms with Crippen LogP contribution in [0.15, 0.2) is 30.3 Å². The van der Waals surface area contributed by atoms with E-state index >= 15 is 0 Å². The number of ether oxygens (including phenoxy) is 2. The van der Waals surface area contributed by atoms with E-state index in [0.29, 0.717) is 16.3 Å². The van der Waals surface area contributed by atoms with E-state index in [-0.39, 0.29) is 12.4 Å². The molecule has 2 aromatic rings. The van der Waals surface area contributed by atoms with Gasteiger partial charge in [-0.1, -0.05) is 11.6 Å². The molecule has 21 heavy (non-hydrogen) atoms. The first-order chi connectivity index (χ1) is 9.99. The van der Waals surface area contributed by atoms with Crippen molar-refractivity contribution in [2.75, 3.05) is 7.11 Å². The summed E-state index contributed by atoms with van der Waals surface area (Å²) in [7, 11) is 1.61. The highest BCUT2D eigenvalue weighted by atomic mass is 35.5. The van der Waals surface area contributed by atoms with Crippen LogP contribution in [0.1, 0.15) is 28.7 Å².